The summed E-state index contributed by atoms with van der Waals surface area (Å²) in [6.45, 7) is 2.97. The van der Waals surface area contributed by atoms with Crippen LogP contribution in [-0.4, -0.2) is 16.7 Å². The topological polar surface area (TPSA) is 68.1 Å². The molecule has 0 spiro atoms. The van der Waals surface area contributed by atoms with E-state index in [-0.39, 0.29) is 0 Å². The summed E-state index contributed by atoms with van der Waals surface area (Å²) in [6, 6.07) is 0. The highest BCUT2D eigenvalue weighted by molar-refractivity contribution is 4.72. The predicted octanol–water partition coefficient (Wildman–Crippen LogP) is 0.289. The Morgan fingerprint density at radius 1 is 1.73 bits per heavy atom. The molecule has 0 aliphatic rings. The van der Waals surface area contributed by atoms with Crippen molar-refractivity contribution in [1.82, 2.24) is 10.1 Å². The van der Waals surface area contributed by atoms with Crippen LogP contribution in [0.2, 0.25) is 0 Å². The van der Waals surface area contributed by atoms with Gasteiger partial charge < -0.3 is 4.74 Å². The summed E-state index contributed by atoms with van der Waals surface area (Å²) >= 11 is 0. The average molecular weight is 158 g/mol. The highest BCUT2D eigenvalue weighted by atomic mass is 16.5. The summed E-state index contributed by atoms with van der Waals surface area (Å²) in [5.41, 5.74) is 0. The molecule has 0 radical (unpaired) electrons. The zero-order valence-electron chi connectivity index (χ0n) is 6.29. The van der Waals surface area contributed by atoms with Gasteiger partial charge in [0.1, 0.15) is 6.61 Å². The van der Waals surface area contributed by atoms with Crippen LogP contribution in [0.4, 0.5) is 0 Å². The second-order valence-corrected chi connectivity index (χ2v) is 2.09. The van der Waals surface area contributed by atoms with Gasteiger partial charge in [0.15, 0.2) is 5.82 Å². The molecule has 5 heteroatoms. The zero-order valence-corrected chi connectivity index (χ0v) is 6.29. The maximum absolute atomic E-state index is 10.4. The minimum absolute atomic E-state index is 0.305. The van der Waals surface area contributed by atoms with E-state index in [1.807, 2.05) is 6.92 Å². The SMILES string of the molecule is CCCOCc1noc(=O)[nH]1. The van der Waals surface area contributed by atoms with Crippen molar-refractivity contribution in [3.05, 3.63) is 16.4 Å². The molecule has 1 N–H and O–H groups in total. The maximum Gasteiger partial charge on any atom is 0.438 e. The number of nitrogens with zero attached hydrogens (tertiary/aromatic N) is 1. The fourth-order valence-electron chi connectivity index (χ4n) is 0.636. The Labute approximate surface area is 63.4 Å². The molecule has 1 aromatic heterocycles. The normalized spacial score (nSPS) is 10.3. The van der Waals surface area contributed by atoms with Crippen LogP contribution in [-0.2, 0) is 11.3 Å². The van der Waals surface area contributed by atoms with Gasteiger partial charge in [0.05, 0.1) is 0 Å². The predicted molar refractivity (Wildman–Crippen MR) is 37.1 cm³/mol. The van der Waals surface area contributed by atoms with Crippen LogP contribution in [0.15, 0.2) is 9.32 Å². The van der Waals surface area contributed by atoms with Gasteiger partial charge in [0.2, 0.25) is 0 Å². The number of hydrogen-bond donors (Lipinski definition) is 1. The van der Waals surface area contributed by atoms with E-state index >= 15 is 0 Å². The van der Waals surface area contributed by atoms with Gasteiger partial charge in [-0.3, -0.25) is 9.51 Å². The van der Waals surface area contributed by atoms with Crippen molar-refractivity contribution < 1.29 is 9.26 Å². The molecule has 0 aliphatic carbocycles. The molecule has 0 aliphatic heterocycles. The van der Waals surface area contributed by atoms with Gasteiger partial charge in [0.25, 0.3) is 0 Å². The maximum atomic E-state index is 10.4. The molecule has 1 aromatic rings. The lowest BCUT2D eigenvalue weighted by Gasteiger charge is -1.95. The Bertz CT molecular complexity index is 252. The molecule has 11 heavy (non-hydrogen) atoms. The summed E-state index contributed by atoms with van der Waals surface area (Å²) in [4.78, 5) is 12.8. The van der Waals surface area contributed by atoms with E-state index in [2.05, 4.69) is 14.7 Å². The second-order valence-electron chi connectivity index (χ2n) is 2.09. The third-order valence-corrected chi connectivity index (χ3v) is 1.07. The number of hydrogen-bond acceptors (Lipinski definition) is 4. The molecule has 5 nitrogen and oxygen atoms in total. The van der Waals surface area contributed by atoms with Crippen molar-refractivity contribution in [2.75, 3.05) is 6.61 Å². The Hall–Kier alpha value is -1.10. The Balaban J connectivity index is 2.33. The van der Waals surface area contributed by atoms with E-state index in [0.717, 1.165) is 6.42 Å². The quantitative estimate of drug-likeness (QED) is 0.639. The Morgan fingerprint density at radius 3 is 3.09 bits per heavy atom. The standard InChI is InChI=1S/C6H10N2O3/c1-2-3-10-4-5-7-6(9)11-8-5/h2-4H2,1H3,(H,7,8,9). The largest absolute Gasteiger partial charge is 0.438 e. The van der Waals surface area contributed by atoms with Gasteiger partial charge in [-0.25, -0.2) is 4.79 Å². The fraction of sp³-hybridized carbons (Fsp3) is 0.667. The van der Waals surface area contributed by atoms with Gasteiger partial charge in [-0.1, -0.05) is 12.1 Å². The average Bonchev–Trinajstić information content (AvgIpc) is 2.37. The molecule has 62 valence electrons. The summed E-state index contributed by atoms with van der Waals surface area (Å²) in [7, 11) is 0. The Morgan fingerprint density at radius 2 is 2.55 bits per heavy atom. The highest BCUT2D eigenvalue weighted by Crippen LogP contribution is 1.89. The Kier molecular flexibility index (Phi) is 2.85. The van der Waals surface area contributed by atoms with Crippen LogP contribution >= 0.6 is 0 Å². The lowest BCUT2D eigenvalue weighted by atomic mass is 10.5. The molecular weight excluding hydrogens is 148 g/mol. The monoisotopic (exact) mass is 158 g/mol. The number of ether oxygens (including phenoxy) is 1. The molecule has 0 saturated heterocycles. The molecule has 0 aromatic carbocycles. The molecule has 1 rings (SSSR count). The van der Waals surface area contributed by atoms with Crippen molar-refractivity contribution in [3.8, 4) is 0 Å². The van der Waals surface area contributed by atoms with Gasteiger partial charge >= 0.3 is 5.76 Å². The first-order valence-corrected chi connectivity index (χ1v) is 3.45. The minimum Gasteiger partial charge on any atom is -0.373 e. The summed E-state index contributed by atoms with van der Waals surface area (Å²) in [6.07, 6.45) is 0.947. The van der Waals surface area contributed by atoms with Crippen molar-refractivity contribution in [2.45, 2.75) is 20.0 Å². The summed E-state index contributed by atoms with van der Waals surface area (Å²) < 4.78 is 9.34. The summed E-state index contributed by atoms with van der Waals surface area (Å²) in [5.74, 6) is -0.108. The number of nitrogens with one attached hydrogen (secondary N) is 1. The number of H-pyrrole nitrogens is 1. The summed E-state index contributed by atoms with van der Waals surface area (Å²) in [5, 5.41) is 3.42. The lowest BCUT2D eigenvalue weighted by Crippen LogP contribution is -1.99. The van der Waals surface area contributed by atoms with Gasteiger partial charge in [0, 0.05) is 6.61 Å². The first-order valence-electron chi connectivity index (χ1n) is 3.45. The van der Waals surface area contributed by atoms with Crippen LogP contribution in [0.5, 0.6) is 0 Å². The molecule has 0 saturated carbocycles. The molecule has 0 amide bonds. The highest BCUT2D eigenvalue weighted by Gasteiger charge is 1.98. The van der Waals surface area contributed by atoms with Crippen molar-refractivity contribution in [3.63, 3.8) is 0 Å². The zero-order chi connectivity index (χ0) is 8.10. The van der Waals surface area contributed by atoms with Crippen LogP contribution in [0.25, 0.3) is 0 Å². The van der Waals surface area contributed by atoms with E-state index in [1.165, 1.54) is 0 Å². The van der Waals surface area contributed by atoms with E-state index in [0.29, 0.717) is 19.0 Å². The van der Waals surface area contributed by atoms with Crippen LogP contribution in [0.3, 0.4) is 0 Å². The third kappa shape index (κ3) is 2.55. The first kappa shape index (κ1) is 8.00. The van der Waals surface area contributed by atoms with E-state index in [1.54, 1.807) is 0 Å². The van der Waals surface area contributed by atoms with Crippen LogP contribution in [0, 0.1) is 0 Å². The molecule has 0 bridgehead atoms. The smallest absolute Gasteiger partial charge is 0.373 e. The van der Waals surface area contributed by atoms with Gasteiger partial charge in [-0.2, -0.15) is 0 Å². The molecule has 1 heterocycles. The van der Waals surface area contributed by atoms with E-state index in [4.69, 9.17) is 4.74 Å². The van der Waals surface area contributed by atoms with E-state index in [9.17, 15) is 4.79 Å². The van der Waals surface area contributed by atoms with Crippen molar-refractivity contribution in [2.24, 2.45) is 0 Å². The number of aromatic nitrogens is 2. The fourth-order valence-corrected chi connectivity index (χ4v) is 0.636. The molecule has 0 atom stereocenters. The number of aromatic amines is 1. The molecular formula is C6H10N2O3. The number of rotatable bonds is 4. The van der Waals surface area contributed by atoms with Crippen LogP contribution in [0.1, 0.15) is 19.2 Å². The van der Waals surface area contributed by atoms with Crippen molar-refractivity contribution >= 4 is 0 Å². The van der Waals surface area contributed by atoms with E-state index < -0.39 is 5.76 Å². The minimum atomic E-state index is -0.542. The van der Waals surface area contributed by atoms with Crippen molar-refractivity contribution in [1.29, 1.82) is 0 Å². The molecule has 0 unspecified atom stereocenters. The van der Waals surface area contributed by atoms with Gasteiger partial charge in [-0.15, -0.1) is 0 Å². The van der Waals surface area contributed by atoms with Gasteiger partial charge in [-0.05, 0) is 6.42 Å². The third-order valence-electron chi connectivity index (χ3n) is 1.07. The lowest BCUT2D eigenvalue weighted by molar-refractivity contribution is 0.114. The first-order chi connectivity index (χ1) is 5.33. The molecule has 0 fully saturated rings. The van der Waals surface area contributed by atoms with Crippen LogP contribution < -0.4 is 5.76 Å². The second kappa shape index (κ2) is 3.92.